The summed E-state index contributed by atoms with van der Waals surface area (Å²) in [6, 6.07) is 14.4. The summed E-state index contributed by atoms with van der Waals surface area (Å²) in [5.74, 6) is 0.889. The third-order valence-electron chi connectivity index (χ3n) is 2.99. The Labute approximate surface area is 115 Å². The number of ether oxygens (including phenoxy) is 1. The van der Waals surface area contributed by atoms with Gasteiger partial charge in [0.15, 0.2) is 0 Å². The van der Waals surface area contributed by atoms with Crippen molar-refractivity contribution in [3.63, 3.8) is 0 Å². The van der Waals surface area contributed by atoms with Gasteiger partial charge in [-0.2, -0.15) is 0 Å². The van der Waals surface area contributed by atoms with Crippen LogP contribution in [-0.4, -0.2) is 6.10 Å². The molecule has 2 nitrogen and oxygen atoms in total. The fourth-order valence-electron chi connectivity index (χ4n) is 2.07. The van der Waals surface area contributed by atoms with Gasteiger partial charge < -0.3 is 10.1 Å². The molecule has 1 N–H and O–H groups in total. The highest BCUT2D eigenvalue weighted by Crippen LogP contribution is 2.31. The zero-order chi connectivity index (χ0) is 13.8. The van der Waals surface area contributed by atoms with Crippen molar-refractivity contribution in [2.75, 3.05) is 5.32 Å². The highest BCUT2D eigenvalue weighted by molar-refractivity contribution is 5.70. The van der Waals surface area contributed by atoms with Gasteiger partial charge in [-0.15, -0.1) is 0 Å². The van der Waals surface area contributed by atoms with Crippen LogP contribution in [0.1, 0.15) is 25.0 Å². The average Bonchev–Trinajstić information content (AvgIpc) is 2.35. The van der Waals surface area contributed by atoms with Gasteiger partial charge in [-0.25, -0.2) is 0 Å². The highest BCUT2D eigenvalue weighted by atomic mass is 16.5. The Morgan fingerprint density at radius 3 is 2.16 bits per heavy atom. The summed E-state index contributed by atoms with van der Waals surface area (Å²) in [5, 5.41) is 3.49. The SMILES string of the molecule is Cc1cccc(C)c1Nc1ccccc1OC(C)C. The molecule has 0 bridgehead atoms. The van der Waals surface area contributed by atoms with E-state index in [1.165, 1.54) is 11.1 Å². The maximum atomic E-state index is 5.83. The summed E-state index contributed by atoms with van der Waals surface area (Å²) in [6.45, 7) is 8.30. The first-order chi connectivity index (χ1) is 9.08. The van der Waals surface area contributed by atoms with Gasteiger partial charge in [-0.3, -0.25) is 0 Å². The van der Waals surface area contributed by atoms with Gasteiger partial charge in [0, 0.05) is 5.69 Å². The third-order valence-corrected chi connectivity index (χ3v) is 2.99. The molecule has 19 heavy (non-hydrogen) atoms. The molecule has 0 aliphatic carbocycles. The molecule has 0 aliphatic heterocycles. The van der Waals surface area contributed by atoms with Crippen LogP contribution in [0.3, 0.4) is 0 Å². The molecule has 2 rings (SSSR count). The predicted octanol–water partition coefficient (Wildman–Crippen LogP) is 4.83. The molecule has 0 saturated carbocycles. The minimum Gasteiger partial charge on any atom is -0.489 e. The lowest BCUT2D eigenvalue weighted by Gasteiger charge is -2.17. The summed E-state index contributed by atoms with van der Waals surface area (Å²) < 4.78 is 5.83. The Kier molecular flexibility index (Phi) is 4.10. The number of para-hydroxylation sites is 3. The monoisotopic (exact) mass is 255 g/mol. The lowest BCUT2D eigenvalue weighted by atomic mass is 10.1. The van der Waals surface area contributed by atoms with Crippen molar-refractivity contribution >= 4 is 11.4 Å². The molecule has 2 aromatic carbocycles. The van der Waals surface area contributed by atoms with Crippen LogP contribution in [0.2, 0.25) is 0 Å². The summed E-state index contributed by atoms with van der Waals surface area (Å²) in [7, 11) is 0. The third kappa shape index (κ3) is 3.28. The zero-order valence-electron chi connectivity index (χ0n) is 12.0. The Morgan fingerprint density at radius 2 is 1.53 bits per heavy atom. The number of benzene rings is 2. The van der Waals surface area contributed by atoms with Gasteiger partial charge in [0.2, 0.25) is 0 Å². The van der Waals surface area contributed by atoms with Crippen LogP contribution < -0.4 is 10.1 Å². The van der Waals surface area contributed by atoms with Crippen LogP contribution in [0.4, 0.5) is 11.4 Å². The molecular formula is C17H21NO. The largest absolute Gasteiger partial charge is 0.489 e. The van der Waals surface area contributed by atoms with Crippen molar-refractivity contribution in [3.8, 4) is 5.75 Å². The molecule has 0 aliphatic rings. The molecule has 0 saturated heterocycles. The molecule has 0 spiro atoms. The van der Waals surface area contributed by atoms with Crippen LogP contribution in [0.25, 0.3) is 0 Å². The zero-order valence-corrected chi connectivity index (χ0v) is 12.0. The van der Waals surface area contributed by atoms with Crippen molar-refractivity contribution in [1.82, 2.24) is 0 Å². The van der Waals surface area contributed by atoms with E-state index in [0.717, 1.165) is 17.1 Å². The maximum Gasteiger partial charge on any atom is 0.143 e. The molecule has 0 unspecified atom stereocenters. The molecule has 100 valence electrons. The first-order valence-corrected chi connectivity index (χ1v) is 6.67. The van der Waals surface area contributed by atoms with Crippen molar-refractivity contribution in [3.05, 3.63) is 53.6 Å². The van der Waals surface area contributed by atoms with Crippen LogP contribution in [-0.2, 0) is 0 Å². The summed E-state index contributed by atoms with van der Waals surface area (Å²) in [4.78, 5) is 0. The predicted molar refractivity (Wildman–Crippen MR) is 81.4 cm³/mol. The Morgan fingerprint density at radius 1 is 0.895 bits per heavy atom. The first kappa shape index (κ1) is 13.5. The summed E-state index contributed by atoms with van der Waals surface area (Å²) >= 11 is 0. The minimum atomic E-state index is 0.168. The number of nitrogens with one attached hydrogen (secondary N) is 1. The first-order valence-electron chi connectivity index (χ1n) is 6.67. The molecule has 0 amide bonds. The smallest absolute Gasteiger partial charge is 0.143 e. The van der Waals surface area contributed by atoms with Gasteiger partial charge in [-0.1, -0.05) is 30.3 Å². The second-order valence-electron chi connectivity index (χ2n) is 5.05. The Balaban J connectivity index is 2.33. The van der Waals surface area contributed by atoms with E-state index in [9.17, 15) is 0 Å². The molecule has 0 heterocycles. The second kappa shape index (κ2) is 5.79. The summed E-state index contributed by atoms with van der Waals surface area (Å²) in [5.41, 5.74) is 4.63. The van der Waals surface area contributed by atoms with Crippen molar-refractivity contribution < 1.29 is 4.74 Å². The number of hydrogen-bond donors (Lipinski definition) is 1. The van der Waals surface area contributed by atoms with Crippen LogP contribution in [0.5, 0.6) is 5.75 Å². The quantitative estimate of drug-likeness (QED) is 0.844. The Bertz CT molecular complexity index is 541. The van der Waals surface area contributed by atoms with E-state index in [0.29, 0.717) is 0 Å². The van der Waals surface area contributed by atoms with E-state index in [-0.39, 0.29) is 6.10 Å². The highest BCUT2D eigenvalue weighted by Gasteiger charge is 2.08. The van der Waals surface area contributed by atoms with E-state index in [2.05, 4.69) is 37.4 Å². The normalized spacial score (nSPS) is 10.6. The fraction of sp³-hybridized carbons (Fsp3) is 0.294. The average molecular weight is 255 g/mol. The van der Waals surface area contributed by atoms with E-state index >= 15 is 0 Å². The van der Waals surface area contributed by atoms with Crippen LogP contribution in [0.15, 0.2) is 42.5 Å². The lowest BCUT2D eigenvalue weighted by molar-refractivity contribution is 0.244. The van der Waals surface area contributed by atoms with Gasteiger partial charge in [-0.05, 0) is 51.0 Å². The minimum absolute atomic E-state index is 0.168. The van der Waals surface area contributed by atoms with Crippen molar-refractivity contribution in [2.45, 2.75) is 33.8 Å². The molecule has 2 heteroatoms. The number of hydrogen-bond acceptors (Lipinski definition) is 2. The molecule has 0 aromatic heterocycles. The fourth-order valence-corrected chi connectivity index (χ4v) is 2.07. The second-order valence-corrected chi connectivity index (χ2v) is 5.05. The molecule has 0 atom stereocenters. The topological polar surface area (TPSA) is 21.3 Å². The van der Waals surface area contributed by atoms with E-state index < -0.39 is 0 Å². The Hall–Kier alpha value is -1.96. The van der Waals surface area contributed by atoms with Gasteiger partial charge in [0.05, 0.1) is 11.8 Å². The van der Waals surface area contributed by atoms with Gasteiger partial charge in [0.25, 0.3) is 0 Å². The van der Waals surface area contributed by atoms with Crippen molar-refractivity contribution in [2.24, 2.45) is 0 Å². The van der Waals surface area contributed by atoms with E-state index in [1.54, 1.807) is 0 Å². The van der Waals surface area contributed by atoms with Gasteiger partial charge in [0.1, 0.15) is 5.75 Å². The molecule has 0 fully saturated rings. The van der Waals surface area contributed by atoms with Crippen molar-refractivity contribution in [1.29, 1.82) is 0 Å². The van der Waals surface area contributed by atoms with E-state index in [4.69, 9.17) is 4.74 Å². The van der Waals surface area contributed by atoms with Crippen LogP contribution >= 0.6 is 0 Å². The molecule has 0 radical (unpaired) electrons. The maximum absolute atomic E-state index is 5.83. The molecular weight excluding hydrogens is 234 g/mol. The number of aryl methyl sites for hydroxylation is 2. The van der Waals surface area contributed by atoms with E-state index in [1.807, 2.05) is 38.1 Å². The number of anilines is 2. The lowest BCUT2D eigenvalue weighted by Crippen LogP contribution is -2.07. The molecule has 2 aromatic rings. The van der Waals surface area contributed by atoms with Crippen LogP contribution in [0, 0.1) is 13.8 Å². The summed E-state index contributed by atoms with van der Waals surface area (Å²) in [6.07, 6.45) is 0.168. The van der Waals surface area contributed by atoms with Gasteiger partial charge >= 0.3 is 0 Å². The number of rotatable bonds is 4. The standard InChI is InChI=1S/C17H21NO/c1-12(2)19-16-11-6-5-10-15(16)18-17-13(3)8-7-9-14(17)4/h5-12,18H,1-4H3.